The fourth-order valence-corrected chi connectivity index (χ4v) is 4.64. The number of aliphatic hydroxyl groups is 1. The second-order valence-electron chi connectivity index (χ2n) is 9.44. The van der Waals surface area contributed by atoms with E-state index in [9.17, 15) is 19.6 Å². The van der Waals surface area contributed by atoms with Gasteiger partial charge in [0.25, 0.3) is 5.91 Å². The summed E-state index contributed by atoms with van der Waals surface area (Å²) in [7, 11) is 1.88. The Kier molecular flexibility index (Phi) is 7.08. The molecule has 3 heterocycles. The number of alkyl halides is 1. The standard InChI is InChI=1S/C27H27FN8O3/c1-15-20-6-5-19(11-22(20)35(3)34-15)32-27-31-14-30-25(33-27)17-4-7-23(18(10-17)12-29)39-24-8-9-36(13-21(24)28)26(38)16(2)37/h4-7,10-11,14,16,21,24,37H,8-9,13H2,1-3H3,(H,30,31,32,33)/t16-,21-,24-/m0/s1. The van der Waals surface area contributed by atoms with E-state index in [2.05, 4.69) is 31.4 Å². The van der Waals surface area contributed by atoms with Crippen molar-refractivity contribution in [3.8, 4) is 23.2 Å². The van der Waals surface area contributed by atoms with Gasteiger partial charge in [0.05, 0.1) is 23.3 Å². The molecule has 2 aromatic heterocycles. The number of likely N-dealkylation sites (tertiary alicyclic amines) is 1. The highest BCUT2D eigenvalue weighted by atomic mass is 19.1. The van der Waals surface area contributed by atoms with Crippen molar-refractivity contribution in [2.45, 2.75) is 38.6 Å². The molecule has 2 N–H and O–H groups in total. The van der Waals surface area contributed by atoms with Crippen molar-refractivity contribution in [3.63, 3.8) is 0 Å². The summed E-state index contributed by atoms with van der Waals surface area (Å²) in [6.07, 6.45) is -1.86. The van der Waals surface area contributed by atoms with Crippen LogP contribution in [0, 0.1) is 18.3 Å². The molecule has 0 spiro atoms. The Labute approximate surface area is 223 Å². The molecule has 0 aliphatic carbocycles. The number of aryl methyl sites for hydroxylation is 2. The highest BCUT2D eigenvalue weighted by molar-refractivity contribution is 5.85. The molecule has 1 aliphatic rings. The first-order chi connectivity index (χ1) is 18.7. The van der Waals surface area contributed by atoms with Crippen molar-refractivity contribution in [1.82, 2.24) is 29.6 Å². The summed E-state index contributed by atoms with van der Waals surface area (Å²) in [5, 5.41) is 27.9. The quantitative estimate of drug-likeness (QED) is 0.385. The maximum atomic E-state index is 14.8. The maximum absolute atomic E-state index is 14.8. The molecule has 12 heteroatoms. The monoisotopic (exact) mass is 530 g/mol. The van der Waals surface area contributed by atoms with Gasteiger partial charge in [0, 0.05) is 36.7 Å². The van der Waals surface area contributed by atoms with Gasteiger partial charge in [0.2, 0.25) is 5.95 Å². The van der Waals surface area contributed by atoms with Gasteiger partial charge in [-0.25, -0.2) is 14.4 Å². The van der Waals surface area contributed by atoms with Crippen molar-refractivity contribution < 1.29 is 19.0 Å². The lowest BCUT2D eigenvalue weighted by Crippen LogP contribution is -2.51. The zero-order valence-electron chi connectivity index (χ0n) is 21.7. The Hall–Kier alpha value is -4.63. The number of aliphatic hydroxyl groups excluding tert-OH is 1. The summed E-state index contributed by atoms with van der Waals surface area (Å²) >= 11 is 0. The Bertz CT molecular complexity index is 1580. The van der Waals surface area contributed by atoms with E-state index in [0.29, 0.717) is 17.3 Å². The molecule has 200 valence electrons. The van der Waals surface area contributed by atoms with Gasteiger partial charge in [-0.1, -0.05) is 0 Å². The molecule has 5 rings (SSSR count). The second kappa shape index (κ2) is 10.6. The number of nitrogens with zero attached hydrogens (tertiary/aromatic N) is 7. The molecule has 1 aliphatic heterocycles. The summed E-state index contributed by atoms with van der Waals surface area (Å²) in [5.41, 5.74) is 3.47. The van der Waals surface area contributed by atoms with E-state index in [1.807, 2.05) is 36.9 Å². The minimum absolute atomic E-state index is 0.178. The van der Waals surface area contributed by atoms with Crippen LogP contribution in [0.3, 0.4) is 0 Å². The van der Waals surface area contributed by atoms with Gasteiger partial charge in [-0.05, 0) is 50.2 Å². The van der Waals surface area contributed by atoms with E-state index < -0.39 is 24.3 Å². The first-order valence-electron chi connectivity index (χ1n) is 12.4. The molecule has 1 saturated heterocycles. The Morgan fingerprint density at radius 1 is 1.28 bits per heavy atom. The van der Waals surface area contributed by atoms with Crippen LogP contribution in [0.1, 0.15) is 24.6 Å². The summed E-state index contributed by atoms with van der Waals surface area (Å²) in [6.45, 7) is 3.39. The average molecular weight is 531 g/mol. The Morgan fingerprint density at radius 3 is 2.85 bits per heavy atom. The molecule has 2 aromatic carbocycles. The van der Waals surface area contributed by atoms with Crippen LogP contribution in [0.4, 0.5) is 16.0 Å². The molecule has 0 bridgehead atoms. The lowest BCUT2D eigenvalue weighted by molar-refractivity contribution is -0.143. The third-order valence-electron chi connectivity index (χ3n) is 6.65. The van der Waals surface area contributed by atoms with Gasteiger partial charge in [0.15, 0.2) is 12.0 Å². The van der Waals surface area contributed by atoms with E-state index in [1.54, 1.807) is 18.2 Å². The fraction of sp³-hybridized carbons (Fsp3) is 0.333. The van der Waals surface area contributed by atoms with E-state index in [4.69, 9.17) is 4.74 Å². The molecular formula is C27H27FN8O3. The Balaban J connectivity index is 1.31. The second-order valence-corrected chi connectivity index (χ2v) is 9.44. The largest absolute Gasteiger partial charge is 0.486 e. The van der Waals surface area contributed by atoms with Crippen molar-refractivity contribution >= 4 is 28.4 Å². The lowest BCUT2D eigenvalue weighted by Gasteiger charge is -2.35. The highest BCUT2D eigenvalue weighted by Gasteiger charge is 2.34. The maximum Gasteiger partial charge on any atom is 0.251 e. The first-order valence-corrected chi connectivity index (χ1v) is 12.4. The van der Waals surface area contributed by atoms with E-state index >= 15 is 0 Å². The van der Waals surface area contributed by atoms with Crippen LogP contribution < -0.4 is 10.1 Å². The number of hydrogen-bond acceptors (Lipinski definition) is 9. The lowest BCUT2D eigenvalue weighted by atomic mass is 10.0. The van der Waals surface area contributed by atoms with Crippen LogP contribution in [0.5, 0.6) is 5.75 Å². The molecule has 0 unspecified atom stereocenters. The minimum atomic E-state index is -1.46. The molecular weight excluding hydrogens is 503 g/mol. The van der Waals surface area contributed by atoms with Crippen LogP contribution in [-0.2, 0) is 11.8 Å². The number of benzene rings is 2. The normalized spacial score (nSPS) is 18.0. The summed E-state index contributed by atoms with van der Waals surface area (Å²) in [6, 6.07) is 12.8. The summed E-state index contributed by atoms with van der Waals surface area (Å²) < 4.78 is 22.5. The minimum Gasteiger partial charge on any atom is -0.486 e. The number of ether oxygens (including phenoxy) is 1. The van der Waals surface area contributed by atoms with Gasteiger partial charge >= 0.3 is 0 Å². The van der Waals surface area contributed by atoms with Gasteiger partial charge in [-0.3, -0.25) is 9.48 Å². The van der Waals surface area contributed by atoms with Gasteiger partial charge < -0.3 is 20.1 Å². The van der Waals surface area contributed by atoms with Crippen molar-refractivity contribution in [2.75, 3.05) is 18.4 Å². The van der Waals surface area contributed by atoms with Crippen LogP contribution in [-0.4, -0.2) is 72.1 Å². The topological polar surface area (TPSA) is 142 Å². The number of halogens is 1. The number of aromatic nitrogens is 5. The number of piperidine rings is 1. The molecule has 1 amide bonds. The number of fused-ring (bicyclic) bond motifs is 1. The molecule has 3 atom stereocenters. The number of rotatable bonds is 6. The van der Waals surface area contributed by atoms with E-state index in [1.165, 1.54) is 18.2 Å². The number of nitrogens with one attached hydrogen (secondary N) is 1. The van der Waals surface area contributed by atoms with Gasteiger partial charge in [-0.2, -0.15) is 15.3 Å². The number of carbonyl (C=O) groups is 1. The molecule has 0 radical (unpaired) electrons. The van der Waals surface area contributed by atoms with Gasteiger partial charge in [0.1, 0.15) is 30.4 Å². The average Bonchev–Trinajstić information content (AvgIpc) is 3.21. The molecule has 1 fully saturated rings. The number of amides is 1. The number of carbonyl (C=O) groups excluding carboxylic acids is 1. The van der Waals surface area contributed by atoms with Crippen molar-refractivity contribution in [3.05, 3.63) is 54.0 Å². The predicted molar refractivity (Wildman–Crippen MR) is 141 cm³/mol. The number of nitriles is 1. The third-order valence-corrected chi connectivity index (χ3v) is 6.65. The van der Waals surface area contributed by atoms with Crippen LogP contribution in [0.15, 0.2) is 42.7 Å². The van der Waals surface area contributed by atoms with Crippen LogP contribution in [0.2, 0.25) is 0 Å². The van der Waals surface area contributed by atoms with Crippen molar-refractivity contribution in [2.24, 2.45) is 7.05 Å². The fourth-order valence-electron chi connectivity index (χ4n) is 4.64. The predicted octanol–water partition coefficient (Wildman–Crippen LogP) is 3.05. The Morgan fingerprint density at radius 2 is 2.10 bits per heavy atom. The number of anilines is 2. The molecule has 4 aromatic rings. The summed E-state index contributed by atoms with van der Waals surface area (Å²) in [4.78, 5) is 26.2. The molecule has 11 nitrogen and oxygen atoms in total. The SMILES string of the molecule is Cc1nn(C)c2cc(Nc3ncnc(-c4ccc(O[C@H]5CCN(C(=O)[C@H](C)O)C[C@@H]5F)c(C#N)c4)n3)ccc12. The zero-order chi connectivity index (χ0) is 27.7. The molecule has 39 heavy (non-hydrogen) atoms. The van der Waals surface area contributed by atoms with E-state index in [0.717, 1.165) is 22.3 Å². The van der Waals surface area contributed by atoms with E-state index in [-0.39, 0.29) is 30.8 Å². The van der Waals surface area contributed by atoms with Crippen LogP contribution in [0.25, 0.3) is 22.3 Å². The van der Waals surface area contributed by atoms with Crippen LogP contribution >= 0.6 is 0 Å². The van der Waals surface area contributed by atoms with Gasteiger partial charge in [-0.15, -0.1) is 0 Å². The van der Waals surface area contributed by atoms with Crippen molar-refractivity contribution in [1.29, 1.82) is 5.26 Å². The molecule has 0 saturated carbocycles. The zero-order valence-corrected chi connectivity index (χ0v) is 21.7. The highest BCUT2D eigenvalue weighted by Crippen LogP contribution is 2.29. The number of hydrogen-bond donors (Lipinski definition) is 2. The summed E-state index contributed by atoms with van der Waals surface area (Å²) in [5.74, 6) is 0.394. The smallest absolute Gasteiger partial charge is 0.251 e. The first kappa shape index (κ1) is 26.0. The third kappa shape index (κ3) is 5.35.